The fourth-order valence-corrected chi connectivity index (χ4v) is 1.42. The minimum Gasteiger partial charge on any atom is -0.385 e. The third-order valence-corrected chi connectivity index (χ3v) is 2.40. The molecule has 1 rings (SSSR count). The Morgan fingerprint density at radius 1 is 1.40 bits per heavy atom. The maximum Gasteiger partial charge on any atom is 0.0462 e. The minimum absolute atomic E-state index is 0.857. The van der Waals surface area contributed by atoms with Crippen LogP contribution in [0.1, 0.15) is 24.0 Å². The second-order valence-electron chi connectivity index (χ2n) is 3.68. The van der Waals surface area contributed by atoms with E-state index in [4.69, 9.17) is 4.74 Å². The zero-order valence-corrected chi connectivity index (χ0v) is 9.62. The molecule has 0 saturated heterocycles. The van der Waals surface area contributed by atoms with Crippen LogP contribution in [0.25, 0.3) is 0 Å². The molecule has 0 aliphatic heterocycles. The predicted octanol–water partition coefficient (Wildman–Crippen LogP) is 1.91. The van der Waals surface area contributed by atoms with E-state index < -0.39 is 0 Å². The molecule has 1 aromatic rings. The summed E-state index contributed by atoms with van der Waals surface area (Å²) in [6, 6.07) is 2.07. The van der Waals surface area contributed by atoms with E-state index in [0.29, 0.717) is 0 Å². The molecule has 0 saturated carbocycles. The Kier molecular flexibility index (Phi) is 5.97. The molecule has 0 aliphatic rings. The van der Waals surface area contributed by atoms with E-state index in [-0.39, 0.29) is 0 Å². The Hall–Kier alpha value is -0.930. The highest BCUT2D eigenvalue weighted by molar-refractivity contribution is 5.20. The molecule has 1 N–H and O–H groups in total. The first kappa shape index (κ1) is 12.1. The molecule has 0 fully saturated rings. The van der Waals surface area contributed by atoms with Crippen LogP contribution in [-0.2, 0) is 11.3 Å². The van der Waals surface area contributed by atoms with Crippen LogP contribution in [0.15, 0.2) is 18.5 Å². The van der Waals surface area contributed by atoms with Crippen molar-refractivity contribution in [3.8, 4) is 0 Å². The second-order valence-corrected chi connectivity index (χ2v) is 3.68. The quantitative estimate of drug-likeness (QED) is 0.695. The standard InChI is InChI=1S/C12H20N2O/c1-11-9-14-7-5-12(11)10-13-6-3-4-8-15-2/h5,7,9,13H,3-4,6,8,10H2,1-2H3. The Morgan fingerprint density at radius 2 is 2.27 bits per heavy atom. The van der Waals surface area contributed by atoms with Crippen molar-refractivity contribution in [3.05, 3.63) is 29.6 Å². The summed E-state index contributed by atoms with van der Waals surface area (Å²) in [5.41, 5.74) is 2.58. The summed E-state index contributed by atoms with van der Waals surface area (Å²) in [6.07, 6.45) is 6.04. The van der Waals surface area contributed by atoms with Gasteiger partial charge in [0.25, 0.3) is 0 Å². The van der Waals surface area contributed by atoms with E-state index in [2.05, 4.69) is 23.3 Å². The number of hydrogen-bond donors (Lipinski definition) is 1. The van der Waals surface area contributed by atoms with Gasteiger partial charge in [-0.05, 0) is 43.5 Å². The number of aromatic nitrogens is 1. The maximum atomic E-state index is 4.99. The summed E-state index contributed by atoms with van der Waals surface area (Å²) >= 11 is 0. The van der Waals surface area contributed by atoms with Gasteiger partial charge in [0.15, 0.2) is 0 Å². The van der Waals surface area contributed by atoms with E-state index in [1.165, 1.54) is 11.1 Å². The molecule has 0 aromatic carbocycles. The number of nitrogens with zero attached hydrogens (tertiary/aromatic N) is 1. The Bertz CT molecular complexity index is 276. The van der Waals surface area contributed by atoms with Crippen LogP contribution >= 0.6 is 0 Å². The summed E-state index contributed by atoms with van der Waals surface area (Å²) in [7, 11) is 1.74. The summed E-state index contributed by atoms with van der Waals surface area (Å²) in [4.78, 5) is 4.07. The van der Waals surface area contributed by atoms with Gasteiger partial charge in [0.2, 0.25) is 0 Å². The molecule has 0 spiro atoms. The molecule has 15 heavy (non-hydrogen) atoms. The second kappa shape index (κ2) is 7.37. The minimum atomic E-state index is 0.857. The molecule has 84 valence electrons. The van der Waals surface area contributed by atoms with Gasteiger partial charge in [0.05, 0.1) is 0 Å². The molecule has 0 amide bonds. The van der Waals surface area contributed by atoms with Crippen LogP contribution < -0.4 is 5.32 Å². The summed E-state index contributed by atoms with van der Waals surface area (Å²) in [5.74, 6) is 0. The van der Waals surface area contributed by atoms with Crippen LogP contribution in [0.5, 0.6) is 0 Å². The monoisotopic (exact) mass is 208 g/mol. The number of unbranched alkanes of at least 4 members (excludes halogenated alkanes) is 1. The van der Waals surface area contributed by atoms with Gasteiger partial charge in [-0.1, -0.05) is 0 Å². The Labute approximate surface area is 91.9 Å². The smallest absolute Gasteiger partial charge is 0.0462 e. The van der Waals surface area contributed by atoms with Crippen LogP contribution in [0, 0.1) is 6.92 Å². The first-order chi connectivity index (χ1) is 7.34. The lowest BCUT2D eigenvalue weighted by atomic mass is 10.1. The van der Waals surface area contributed by atoms with E-state index in [0.717, 1.165) is 32.5 Å². The third-order valence-electron chi connectivity index (χ3n) is 2.40. The van der Waals surface area contributed by atoms with Gasteiger partial charge in [-0.25, -0.2) is 0 Å². The fourth-order valence-electron chi connectivity index (χ4n) is 1.42. The topological polar surface area (TPSA) is 34.1 Å². The van der Waals surface area contributed by atoms with Gasteiger partial charge in [0, 0.05) is 32.7 Å². The largest absolute Gasteiger partial charge is 0.385 e. The summed E-state index contributed by atoms with van der Waals surface area (Å²) in [6.45, 7) is 4.93. The van der Waals surface area contributed by atoms with Crippen molar-refractivity contribution in [1.82, 2.24) is 10.3 Å². The molecule has 1 heterocycles. The third kappa shape index (κ3) is 4.91. The number of methoxy groups -OCH3 is 1. The van der Waals surface area contributed by atoms with E-state index >= 15 is 0 Å². The molecule has 0 aliphatic carbocycles. The molecule has 0 bridgehead atoms. The average Bonchev–Trinajstić information content (AvgIpc) is 2.25. The van der Waals surface area contributed by atoms with Crippen LogP contribution in [-0.4, -0.2) is 25.2 Å². The number of ether oxygens (including phenoxy) is 1. The van der Waals surface area contributed by atoms with E-state index in [1.54, 1.807) is 7.11 Å². The zero-order chi connectivity index (χ0) is 10.9. The highest BCUT2D eigenvalue weighted by Gasteiger charge is 1.96. The molecule has 3 nitrogen and oxygen atoms in total. The molecule has 0 unspecified atom stereocenters. The Balaban J connectivity index is 2.12. The van der Waals surface area contributed by atoms with Crippen LogP contribution in [0.2, 0.25) is 0 Å². The van der Waals surface area contributed by atoms with Crippen molar-refractivity contribution in [3.63, 3.8) is 0 Å². The molecule has 0 atom stereocenters. The first-order valence-electron chi connectivity index (χ1n) is 5.43. The lowest BCUT2D eigenvalue weighted by Gasteiger charge is -2.06. The predicted molar refractivity (Wildman–Crippen MR) is 61.8 cm³/mol. The van der Waals surface area contributed by atoms with E-state index in [1.807, 2.05) is 12.4 Å². The average molecular weight is 208 g/mol. The van der Waals surface area contributed by atoms with Crippen molar-refractivity contribution in [2.45, 2.75) is 26.3 Å². The van der Waals surface area contributed by atoms with Crippen molar-refractivity contribution in [2.24, 2.45) is 0 Å². The maximum absolute atomic E-state index is 4.99. The van der Waals surface area contributed by atoms with Crippen molar-refractivity contribution >= 4 is 0 Å². The lowest BCUT2D eigenvalue weighted by Crippen LogP contribution is -2.15. The molecule has 1 aromatic heterocycles. The highest BCUT2D eigenvalue weighted by Crippen LogP contribution is 2.03. The molecule has 0 radical (unpaired) electrons. The summed E-state index contributed by atoms with van der Waals surface area (Å²) < 4.78 is 4.99. The summed E-state index contributed by atoms with van der Waals surface area (Å²) in [5, 5.41) is 3.42. The first-order valence-corrected chi connectivity index (χ1v) is 5.43. The van der Waals surface area contributed by atoms with Gasteiger partial charge in [-0.3, -0.25) is 4.98 Å². The molecule has 3 heteroatoms. The van der Waals surface area contributed by atoms with Crippen molar-refractivity contribution < 1.29 is 4.74 Å². The van der Waals surface area contributed by atoms with Gasteiger partial charge in [-0.2, -0.15) is 0 Å². The van der Waals surface area contributed by atoms with Crippen molar-refractivity contribution in [2.75, 3.05) is 20.3 Å². The molecular formula is C12H20N2O. The van der Waals surface area contributed by atoms with Crippen LogP contribution in [0.4, 0.5) is 0 Å². The Morgan fingerprint density at radius 3 is 3.00 bits per heavy atom. The number of nitrogens with one attached hydrogen (secondary N) is 1. The number of pyridine rings is 1. The van der Waals surface area contributed by atoms with Gasteiger partial charge >= 0.3 is 0 Å². The highest BCUT2D eigenvalue weighted by atomic mass is 16.5. The number of rotatable bonds is 7. The van der Waals surface area contributed by atoms with E-state index in [9.17, 15) is 0 Å². The van der Waals surface area contributed by atoms with Gasteiger partial charge in [-0.15, -0.1) is 0 Å². The zero-order valence-electron chi connectivity index (χ0n) is 9.62. The van der Waals surface area contributed by atoms with Crippen LogP contribution in [0.3, 0.4) is 0 Å². The molecular weight excluding hydrogens is 188 g/mol. The number of aryl methyl sites for hydroxylation is 1. The fraction of sp³-hybridized carbons (Fsp3) is 0.583. The lowest BCUT2D eigenvalue weighted by molar-refractivity contribution is 0.192. The van der Waals surface area contributed by atoms with Gasteiger partial charge in [0.1, 0.15) is 0 Å². The number of hydrogen-bond acceptors (Lipinski definition) is 3. The van der Waals surface area contributed by atoms with Gasteiger partial charge < -0.3 is 10.1 Å². The SMILES string of the molecule is COCCCCNCc1ccncc1C. The normalized spacial score (nSPS) is 10.5. The van der Waals surface area contributed by atoms with Crippen molar-refractivity contribution in [1.29, 1.82) is 0 Å².